The van der Waals surface area contributed by atoms with E-state index in [9.17, 15) is 40.5 Å². The van der Waals surface area contributed by atoms with Crippen molar-refractivity contribution in [2.75, 3.05) is 19.8 Å². The molecule has 0 saturated carbocycles. The van der Waals surface area contributed by atoms with E-state index in [1.807, 2.05) is 0 Å². The van der Waals surface area contributed by atoms with Gasteiger partial charge in [0, 0.05) is 11.8 Å². The summed E-state index contributed by atoms with van der Waals surface area (Å²) in [5.74, 6) is -1.32. The summed E-state index contributed by atoms with van der Waals surface area (Å²) in [5.41, 5.74) is 0.331. The van der Waals surface area contributed by atoms with Gasteiger partial charge in [-0.25, -0.2) is 4.79 Å². The Hall–Kier alpha value is -1.69. The van der Waals surface area contributed by atoms with E-state index in [2.05, 4.69) is 6.58 Å². The zero-order valence-electron chi connectivity index (χ0n) is 19.2. The van der Waals surface area contributed by atoms with Crippen LogP contribution in [0.3, 0.4) is 0 Å². The number of aliphatic hydroxyl groups is 7. The third-order valence-corrected chi connectivity index (χ3v) is 6.89. The zero-order valence-corrected chi connectivity index (χ0v) is 19.2. The molecule has 3 saturated heterocycles. The van der Waals surface area contributed by atoms with Crippen molar-refractivity contribution in [1.82, 2.24) is 0 Å². The average Bonchev–Trinajstić information content (AvgIpc) is 2.87. The Kier molecular flexibility index (Phi) is 8.63. The van der Waals surface area contributed by atoms with Crippen LogP contribution < -0.4 is 0 Å². The number of esters is 1. The van der Waals surface area contributed by atoms with Crippen molar-refractivity contribution in [3.05, 3.63) is 24.5 Å². The van der Waals surface area contributed by atoms with Crippen LogP contribution in [0.2, 0.25) is 0 Å². The monoisotopic (exact) mass is 520 g/mol. The van der Waals surface area contributed by atoms with E-state index in [-0.39, 0.29) is 12.5 Å². The Bertz CT molecular complexity index is 819. The number of carbonyl (C=O) groups excluding carboxylic acids is 1. The Morgan fingerprint density at radius 3 is 2.22 bits per heavy atom. The van der Waals surface area contributed by atoms with Crippen LogP contribution in [0.15, 0.2) is 24.5 Å². The second-order valence-corrected chi connectivity index (χ2v) is 9.10. The van der Waals surface area contributed by atoms with Gasteiger partial charge in [0.2, 0.25) is 6.29 Å². The van der Waals surface area contributed by atoms with Gasteiger partial charge in [0.15, 0.2) is 12.6 Å². The fourth-order valence-electron chi connectivity index (χ4n) is 4.72. The molecule has 13 atom stereocenters. The Morgan fingerprint density at radius 2 is 1.56 bits per heavy atom. The molecule has 0 aromatic carbocycles. The summed E-state index contributed by atoms with van der Waals surface area (Å²) in [6.07, 6.45) is -13.2. The van der Waals surface area contributed by atoms with Crippen molar-refractivity contribution in [2.24, 2.45) is 11.8 Å². The van der Waals surface area contributed by atoms with Gasteiger partial charge in [-0.3, -0.25) is 0 Å². The molecule has 4 aliphatic rings. The lowest BCUT2D eigenvalue weighted by molar-refractivity contribution is -0.352. The van der Waals surface area contributed by atoms with Gasteiger partial charge in [-0.2, -0.15) is 0 Å². The Balaban J connectivity index is 1.42. The molecular weight excluding hydrogens is 488 g/mol. The van der Waals surface area contributed by atoms with Crippen LogP contribution in [0.5, 0.6) is 0 Å². The zero-order chi connectivity index (χ0) is 26.1. The number of hydrogen-bond donors (Lipinski definition) is 7. The van der Waals surface area contributed by atoms with E-state index in [0.29, 0.717) is 12.0 Å². The lowest BCUT2D eigenvalue weighted by atomic mass is 9.81. The lowest BCUT2D eigenvalue weighted by Crippen LogP contribution is -2.62. The third kappa shape index (κ3) is 5.16. The van der Waals surface area contributed by atoms with Crippen molar-refractivity contribution >= 4 is 5.97 Å². The summed E-state index contributed by atoms with van der Waals surface area (Å²) in [4.78, 5) is 12.0. The molecule has 7 N–H and O–H groups in total. The maximum Gasteiger partial charge on any atom is 0.337 e. The van der Waals surface area contributed by atoms with E-state index in [4.69, 9.17) is 28.4 Å². The molecular formula is C22H32O14. The molecule has 4 rings (SSSR count). The first-order valence-corrected chi connectivity index (χ1v) is 11.6. The third-order valence-electron chi connectivity index (χ3n) is 6.89. The van der Waals surface area contributed by atoms with Crippen molar-refractivity contribution in [3.63, 3.8) is 0 Å². The molecule has 0 aromatic rings. The van der Waals surface area contributed by atoms with Crippen LogP contribution in [0.1, 0.15) is 6.42 Å². The van der Waals surface area contributed by atoms with Crippen LogP contribution in [0.25, 0.3) is 0 Å². The summed E-state index contributed by atoms with van der Waals surface area (Å²) < 4.78 is 32.6. The SMILES string of the molecule is C=C[C@@H]1[C@H](O[C@@H]2O[C@H](CO[C@@H]3O[C@H](CO)[C@@H](O)[C@H](O)[C@H]3O)[C@@H](O)[C@H](O)[C@H]2O)OC=C2C(=O)OCC[C@H]21. The number of hydrogen-bond acceptors (Lipinski definition) is 14. The molecule has 14 nitrogen and oxygen atoms in total. The van der Waals surface area contributed by atoms with Gasteiger partial charge in [0.05, 0.1) is 31.7 Å². The fraction of sp³-hybridized carbons (Fsp3) is 0.773. The van der Waals surface area contributed by atoms with E-state index in [0.717, 1.165) is 0 Å². The van der Waals surface area contributed by atoms with Gasteiger partial charge in [0.25, 0.3) is 0 Å². The molecule has 0 aliphatic carbocycles. The molecule has 3 fully saturated rings. The topological polar surface area (TPSA) is 214 Å². The highest BCUT2D eigenvalue weighted by Gasteiger charge is 2.49. The van der Waals surface area contributed by atoms with Gasteiger partial charge < -0.3 is 64.2 Å². The normalized spacial score (nSPS) is 47.2. The Labute approximate surface area is 205 Å². The van der Waals surface area contributed by atoms with Gasteiger partial charge in [-0.05, 0) is 6.42 Å². The van der Waals surface area contributed by atoms with Crippen molar-refractivity contribution in [2.45, 2.75) is 74.1 Å². The van der Waals surface area contributed by atoms with Crippen LogP contribution in [0, 0.1) is 11.8 Å². The number of cyclic esters (lactones) is 1. The molecule has 4 heterocycles. The van der Waals surface area contributed by atoms with E-state index in [1.54, 1.807) is 6.08 Å². The smallest absolute Gasteiger partial charge is 0.337 e. The second-order valence-electron chi connectivity index (χ2n) is 9.10. The van der Waals surface area contributed by atoms with Crippen molar-refractivity contribution in [1.29, 1.82) is 0 Å². The number of rotatable bonds is 7. The molecule has 0 radical (unpaired) electrons. The minimum absolute atomic E-state index is 0.211. The van der Waals surface area contributed by atoms with Crippen LogP contribution in [0.4, 0.5) is 0 Å². The predicted octanol–water partition coefficient (Wildman–Crippen LogP) is -3.77. The highest BCUT2D eigenvalue weighted by molar-refractivity contribution is 5.89. The molecule has 0 unspecified atom stereocenters. The van der Waals surface area contributed by atoms with Crippen molar-refractivity contribution < 1.29 is 69.0 Å². The summed E-state index contributed by atoms with van der Waals surface area (Å²) in [6.45, 7) is 2.83. The lowest BCUT2D eigenvalue weighted by Gasteiger charge is -2.44. The quantitative estimate of drug-likeness (QED) is 0.127. The molecule has 0 aromatic heterocycles. The number of aliphatic hydroxyl groups excluding tert-OH is 7. The first kappa shape index (κ1) is 27.3. The molecule has 4 aliphatic heterocycles. The first-order valence-electron chi connectivity index (χ1n) is 11.6. The largest absolute Gasteiger partial charge is 0.471 e. The van der Waals surface area contributed by atoms with Gasteiger partial charge in [-0.15, -0.1) is 6.58 Å². The van der Waals surface area contributed by atoms with E-state index in [1.165, 1.54) is 6.26 Å². The summed E-state index contributed by atoms with van der Waals surface area (Å²) >= 11 is 0. The number of fused-ring (bicyclic) bond motifs is 1. The van der Waals surface area contributed by atoms with E-state index < -0.39 is 92.8 Å². The highest BCUT2D eigenvalue weighted by atomic mass is 16.8. The van der Waals surface area contributed by atoms with Gasteiger partial charge in [0.1, 0.15) is 48.8 Å². The molecule has 14 heteroatoms. The van der Waals surface area contributed by atoms with E-state index >= 15 is 0 Å². The first-order chi connectivity index (χ1) is 17.2. The molecule has 0 amide bonds. The molecule has 0 bridgehead atoms. The minimum Gasteiger partial charge on any atom is -0.471 e. The van der Waals surface area contributed by atoms with Crippen molar-refractivity contribution in [3.8, 4) is 0 Å². The maximum absolute atomic E-state index is 12.0. The summed E-state index contributed by atoms with van der Waals surface area (Å²) in [6, 6.07) is 0. The molecule has 0 spiro atoms. The molecule has 204 valence electrons. The average molecular weight is 520 g/mol. The second kappa shape index (κ2) is 11.4. The number of ether oxygens (including phenoxy) is 6. The summed E-state index contributed by atoms with van der Waals surface area (Å²) in [5, 5.41) is 70.4. The minimum atomic E-state index is -1.71. The fourth-order valence-corrected chi connectivity index (χ4v) is 4.72. The number of carbonyl (C=O) groups is 1. The van der Waals surface area contributed by atoms with Crippen LogP contribution >= 0.6 is 0 Å². The van der Waals surface area contributed by atoms with Crippen LogP contribution in [-0.2, 0) is 33.2 Å². The Morgan fingerprint density at radius 1 is 0.917 bits per heavy atom. The van der Waals surface area contributed by atoms with Gasteiger partial charge in [-0.1, -0.05) is 6.08 Å². The maximum atomic E-state index is 12.0. The highest BCUT2D eigenvalue weighted by Crippen LogP contribution is 2.38. The van der Waals surface area contributed by atoms with Gasteiger partial charge >= 0.3 is 5.97 Å². The standard InChI is InChI=1S/C22H32O14/c1-2-8-9-3-4-31-19(30)10(9)6-32-20(8)36-22-18(29)16(27)14(25)12(35-22)7-33-21-17(28)15(26)13(24)11(5-23)34-21/h2,6,8-9,11-18,20-29H,1,3-5,7H2/t8-,9-,11+,12+,13+,14+,15-,16-,17+,18+,20-,21+,22-/m0/s1. The van der Waals surface area contributed by atoms with Crippen LogP contribution in [-0.4, -0.2) is 129 Å². The summed E-state index contributed by atoms with van der Waals surface area (Å²) in [7, 11) is 0. The molecule has 36 heavy (non-hydrogen) atoms. The predicted molar refractivity (Wildman–Crippen MR) is 113 cm³/mol.